The van der Waals surface area contributed by atoms with Gasteiger partial charge >= 0.3 is 0 Å². The number of nitrogens with two attached hydrogens (primary N) is 1. The summed E-state index contributed by atoms with van der Waals surface area (Å²) < 4.78 is 6.96. The molecule has 7 heteroatoms. The molecule has 0 aliphatic heterocycles. The summed E-state index contributed by atoms with van der Waals surface area (Å²) in [6, 6.07) is 0. The second-order valence-corrected chi connectivity index (χ2v) is 4.19. The highest BCUT2D eigenvalue weighted by molar-refractivity contribution is 7.15. The molecule has 6 nitrogen and oxygen atoms in total. The maximum absolute atomic E-state index is 5.41. The highest BCUT2D eigenvalue weighted by Crippen LogP contribution is 2.23. The fraction of sp³-hybridized carbons (Fsp3) is 0.222. The van der Waals surface area contributed by atoms with Crippen molar-refractivity contribution in [2.24, 2.45) is 5.73 Å². The van der Waals surface area contributed by atoms with Crippen molar-refractivity contribution in [3.63, 3.8) is 0 Å². The number of hydrogen-bond donors (Lipinski definition) is 1. The fourth-order valence-electron chi connectivity index (χ4n) is 1.54. The molecule has 0 unspecified atom stereocenters. The van der Waals surface area contributed by atoms with Gasteiger partial charge in [0.2, 0.25) is 11.7 Å². The topological polar surface area (TPSA) is 82.2 Å². The molecule has 0 saturated heterocycles. The molecule has 0 saturated carbocycles. The van der Waals surface area contributed by atoms with Crippen LogP contribution in [0.2, 0.25) is 0 Å². The molecule has 3 heterocycles. The van der Waals surface area contributed by atoms with Crippen molar-refractivity contribution in [3.8, 4) is 11.5 Å². The summed E-state index contributed by atoms with van der Waals surface area (Å²) in [6.45, 7) is 2.22. The van der Waals surface area contributed by atoms with Gasteiger partial charge in [-0.15, -0.1) is 11.3 Å². The van der Waals surface area contributed by atoms with Crippen LogP contribution in [0, 0.1) is 6.92 Å². The van der Waals surface area contributed by atoms with E-state index < -0.39 is 0 Å². The monoisotopic (exact) mass is 235 g/mol. The lowest BCUT2D eigenvalue weighted by Gasteiger charge is -1.90. The molecule has 0 bridgehead atoms. The molecular weight excluding hydrogens is 226 g/mol. The highest BCUT2D eigenvalue weighted by Gasteiger charge is 2.16. The molecular formula is C9H9N5OS. The standard InChI is InChI=1S/C9H9N5OS/c1-5-7(8-11-6(4-10)15-13-8)12-9-14(5)2-3-16-9/h2-3H,4,10H2,1H3. The quantitative estimate of drug-likeness (QED) is 0.722. The summed E-state index contributed by atoms with van der Waals surface area (Å²) in [7, 11) is 0. The summed E-state index contributed by atoms with van der Waals surface area (Å²) in [5, 5.41) is 5.84. The van der Waals surface area contributed by atoms with Crippen LogP contribution >= 0.6 is 11.3 Å². The van der Waals surface area contributed by atoms with E-state index in [0.717, 1.165) is 16.3 Å². The summed E-state index contributed by atoms with van der Waals surface area (Å²) in [6.07, 6.45) is 1.97. The predicted octanol–water partition coefficient (Wildman–Crippen LogP) is 1.21. The summed E-state index contributed by atoms with van der Waals surface area (Å²) >= 11 is 1.57. The summed E-state index contributed by atoms with van der Waals surface area (Å²) in [4.78, 5) is 9.53. The molecule has 3 aromatic heterocycles. The van der Waals surface area contributed by atoms with Crippen molar-refractivity contribution in [2.45, 2.75) is 13.5 Å². The first-order valence-electron chi connectivity index (χ1n) is 4.75. The lowest BCUT2D eigenvalue weighted by atomic mass is 10.3. The Morgan fingerprint density at radius 3 is 3.06 bits per heavy atom. The van der Waals surface area contributed by atoms with Gasteiger partial charge in [-0.1, -0.05) is 5.16 Å². The molecule has 0 atom stereocenters. The smallest absolute Gasteiger partial charge is 0.240 e. The minimum absolute atomic E-state index is 0.244. The number of rotatable bonds is 2. The largest absolute Gasteiger partial charge is 0.338 e. The van der Waals surface area contributed by atoms with Crippen molar-refractivity contribution >= 4 is 16.3 Å². The van der Waals surface area contributed by atoms with Gasteiger partial charge < -0.3 is 10.3 Å². The van der Waals surface area contributed by atoms with Gasteiger partial charge in [0.25, 0.3) is 0 Å². The lowest BCUT2D eigenvalue weighted by Crippen LogP contribution is -1.95. The van der Waals surface area contributed by atoms with E-state index in [0.29, 0.717) is 11.7 Å². The maximum Gasteiger partial charge on any atom is 0.240 e. The van der Waals surface area contributed by atoms with Crippen molar-refractivity contribution in [2.75, 3.05) is 0 Å². The molecule has 2 N–H and O–H groups in total. The van der Waals surface area contributed by atoms with Gasteiger partial charge in [-0.25, -0.2) is 4.98 Å². The second kappa shape index (κ2) is 3.39. The molecule has 0 spiro atoms. The normalized spacial score (nSPS) is 11.4. The first-order valence-corrected chi connectivity index (χ1v) is 5.62. The van der Waals surface area contributed by atoms with Crippen molar-refractivity contribution < 1.29 is 4.52 Å². The van der Waals surface area contributed by atoms with E-state index >= 15 is 0 Å². The number of nitrogens with zero attached hydrogens (tertiary/aromatic N) is 4. The number of hydrogen-bond acceptors (Lipinski definition) is 6. The Hall–Kier alpha value is -1.73. The van der Waals surface area contributed by atoms with E-state index in [-0.39, 0.29) is 6.54 Å². The highest BCUT2D eigenvalue weighted by atomic mass is 32.1. The zero-order valence-electron chi connectivity index (χ0n) is 8.54. The van der Waals surface area contributed by atoms with Crippen molar-refractivity contribution in [1.82, 2.24) is 19.5 Å². The molecule has 3 aromatic rings. The van der Waals surface area contributed by atoms with E-state index in [1.807, 2.05) is 22.9 Å². The third kappa shape index (κ3) is 1.25. The Kier molecular flexibility index (Phi) is 2.01. The Morgan fingerprint density at radius 1 is 1.50 bits per heavy atom. The van der Waals surface area contributed by atoms with Crippen LogP contribution in [0.15, 0.2) is 16.1 Å². The predicted molar refractivity (Wildman–Crippen MR) is 59.0 cm³/mol. The van der Waals surface area contributed by atoms with Gasteiger partial charge in [0.05, 0.1) is 12.2 Å². The average Bonchev–Trinajstić information content (AvgIpc) is 2.96. The molecule has 0 amide bonds. The number of aryl methyl sites for hydroxylation is 1. The molecule has 0 radical (unpaired) electrons. The van der Waals surface area contributed by atoms with Crippen LogP contribution in [-0.2, 0) is 6.54 Å². The summed E-state index contributed by atoms with van der Waals surface area (Å²) in [5.74, 6) is 0.916. The van der Waals surface area contributed by atoms with Crippen molar-refractivity contribution in [3.05, 3.63) is 23.2 Å². The van der Waals surface area contributed by atoms with Crippen LogP contribution in [-0.4, -0.2) is 19.5 Å². The molecule has 0 aromatic carbocycles. The molecule has 82 valence electrons. The molecule has 0 aliphatic rings. The van der Waals surface area contributed by atoms with Crippen LogP contribution in [0.4, 0.5) is 0 Å². The van der Waals surface area contributed by atoms with E-state index in [1.165, 1.54) is 0 Å². The van der Waals surface area contributed by atoms with Crippen LogP contribution in [0.25, 0.3) is 16.5 Å². The van der Waals surface area contributed by atoms with Gasteiger partial charge in [-0.3, -0.25) is 4.40 Å². The number of imidazole rings is 1. The number of thiazole rings is 1. The Balaban J connectivity index is 2.17. The number of aromatic nitrogens is 4. The Bertz CT molecular complexity index is 637. The van der Waals surface area contributed by atoms with Gasteiger partial charge in [0.15, 0.2) is 4.96 Å². The second-order valence-electron chi connectivity index (χ2n) is 3.32. The Labute approximate surface area is 94.7 Å². The van der Waals surface area contributed by atoms with Gasteiger partial charge in [0, 0.05) is 11.6 Å². The minimum Gasteiger partial charge on any atom is -0.338 e. The van der Waals surface area contributed by atoms with Crippen LogP contribution in [0.3, 0.4) is 0 Å². The van der Waals surface area contributed by atoms with Gasteiger partial charge in [-0.2, -0.15) is 4.98 Å². The van der Waals surface area contributed by atoms with Gasteiger partial charge in [-0.05, 0) is 6.92 Å². The summed E-state index contributed by atoms with van der Waals surface area (Å²) in [5.41, 5.74) is 7.16. The van der Waals surface area contributed by atoms with Crippen LogP contribution in [0.1, 0.15) is 11.6 Å². The fourth-order valence-corrected chi connectivity index (χ4v) is 2.30. The van der Waals surface area contributed by atoms with Crippen molar-refractivity contribution in [1.29, 1.82) is 0 Å². The molecule has 0 aliphatic carbocycles. The number of fused-ring (bicyclic) bond motifs is 1. The van der Waals surface area contributed by atoms with Gasteiger partial charge in [0.1, 0.15) is 5.69 Å². The third-order valence-electron chi connectivity index (χ3n) is 2.36. The average molecular weight is 235 g/mol. The molecule has 3 rings (SSSR count). The molecule has 0 fully saturated rings. The zero-order valence-corrected chi connectivity index (χ0v) is 9.36. The van der Waals surface area contributed by atoms with E-state index in [1.54, 1.807) is 11.3 Å². The maximum atomic E-state index is 5.41. The SMILES string of the molecule is Cc1c(-c2noc(CN)n2)nc2sccn12. The molecule has 16 heavy (non-hydrogen) atoms. The first kappa shape index (κ1) is 9.49. The zero-order chi connectivity index (χ0) is 11.1. The Morgan fingerprint density at radius 2 is 2.38 bits per heavy atom. The third-order valence-corrected chi connectivity index (χ3v) is 3.11. The van der Waals surface area contributed by atoms with E-state index in [4.69, 9.17) is 10.3 Å². The van der Waals surface area contributed by atoms with E-state index in [9.17, 15) is 0 Å². The van der Waals surface area contributed by atoms with Crippen LogP contribution in [0.5, 0.6) is 0 Å². The first-order chi connectivity index (χ1) is 7.79. The van der Waals surface area contributed by atoms with E-state index in [2.05, 4.69) is 15.1 Å². The van der Waals surface area contributed by atoms with Crippen LogP contribution < -0.4 is 5.73 Å². The lowest BCUT2D eigenvalue weighted by molar-refractivity contribution is 0.380. The minimum atomic E-state index is 0.244.